The van der Waals surface area contributed by atoms with E-state index in [-0.39, 0.29) is 28.6 Å². The van der Waals surface area contributed by atoms with Gasteiger partial charge in [0.25, 0.3) is 5.91 Å². The summed E-state index contributed by atoms with van der Waals surface area (Å²) < 4.78 is 13.3. The first-order valence-electron chi connectivity index (χ1n) is 9.39. The predicted molar refractivity (Wildman–Crippen MR) is 102 cm³/mol. The van der Waals surface area contributed by atoms with Crippen LogP contribution in [0.4, 0.5) is 4.39 Å². The van der Waals surface area contributed by atoms with Gasteiger partial charge in [-0.1, -0.05) is 43.2 Å². The van der Waals surface area contributed by atoms with Crippen molar-refractivity contribution in [2.24, 2.45) is 5.92 Å². The molecule has 3 atom stereocenters. The predicted octanol–water partition coefficient (Wildman–Crippen LogP) is 5.58. The van der Waals surface area contributed by atoms with Crippen molar-refractivity contribution in [2.45, 2.75) is 43.0 Å². The molecule has 1 saturated heterocycles. The Morgan fingerprint density at radius 2 is 1.77 bits per heavy atom. The number of benzene rings is 2. The van der Waals surface area contributed by atoms with Crippen molar-refractivity contribution >= 4 is 17.5 Å². The summed E-state index contributed by atoms with van der Waals surface area (Å²) in [6.45, 7) is 0.635. The highest BCUT2D eigenvalue weighted by atomic mass is 35.5. The van der Waals surface area contributed by atoms with Gasteiger partial charge in [-0.15, -0.1) is 11.6 Å². The summed E-state index contributed by atoms with van der Waals surface area (Å²) in [6, 6.07) is 16.0. The van der Waals surface area contributed by atoms with E-state index in [1.54, 1.807) is 12.1 Å². The number of hydrogen-bond acceptors (Lipinski definition) is 1. The molecule has 1 saturated carbocycles. The van der Waals surface area contributed by atoms with Crippen LogP contribution in [0.1, 0.15) is 54.1 Å². The third-order valence-electron chi connectivity index (χ3n) is 6.00. The van der Waals surface area contributed by atoms with Gasteiger partial charge in [0.1, 0.15) is 5.82 Å². The second kappa shape index (κ2) is 7.03. The van der Waals surface area contributed by atoms with Gasteiger partial charge in [-0.2, -0.15) is 0 Å². The molecule has 1 aliphatic carbocycles. The Bertz CT molecular complexity index is 778. The van der Waals surface area contributed by atoms with Gasteiger partial charge in [-0.05, 0) is 49.1 Å². The quantitative estimate of drug-likeness (QED) is 0.631. The van der Waals surface area contributed by atoms with E-state index < -0.39 is 0 Å². The Labute approximate surface area is 159 Å². The van der Waals surface area contributed by atoms with E-state index in [4.69, 9.17) is 11.6 Å². The second-order valence-electron chi connectivity index (χ2n) is 7.50. The number of piperidine rings is 1. The number of carbonyl (C=O) groups excluding carboxylic acids is 1. The maximum atomic E-state index is 13.3. The minimum Gasteiger partial charge on any atom is -0.331 e. The van der Waals surface area contributed by atoms with Gasteiger partial charge < -0.3 is 4.90 Å². The van der Waals surface area contributed by atoms with Crippen LogP contribution in [0.25, 0.3) is 0 Å². The van der Waals surface area contributed by atoms with Crippen LogP contribution < -0.4 is 0 Å². The highest BCUT2D eigenvalue weighted by Gasteiger charge is 2.50. The first-order valence-corrected chi connectivity index (χ1v) is 9.77. The van der Waals surface area contributed by atoms with Crippen LogP contribution in [0.15, 0.2) is 54.6 Å². The average molecular weight is 372 g/mol. The SMILES string of the molecule is O=C(c1ccc(F)cc1)N1CCC2(Cl)CCCCC2C1c1ccccc1. The minimum absolute atomic E-state index is 0.0275. The lowest BCUT2D eigenvalue weighted by atomic mass is 9.68. The van der Waals surface area contributed by atoms with E-state index in [2.05, 4.69) is 12.1 Å². The van der Waals surface area contributed by atoms with Crippen molar-refractivity contribution in [2.75, 3.05) is 6.54 Å². The van der Waals surface area contributed by atoms with Crippen molar-refractivity contribution in [3.8, 4) is 0 Å². The van der Waals surface area contributed by atoms with E-state index in [1.807, 2.05) is 23.1 Å². The smallest absolute Gasteiger partial charge is 0.254 e. The maximum absolute atomic E-state index is 13.3. The molecule has 1 aliphatic heterocycles. The molecular weight excluding hydrogens is 349 g/mol. The molecule has 136 valence electrons. The number of rotatable bonds is 2. The molecule has 4 rings (SSSR count). The normalized spacial score (nSPS) is 28.5. The van der Waals surface area contributed by atoms with E-state index in [0.29, 0.717) is 12.1 Å². The lowest BCUT2D eigenvalue weighted by Crippen LogP contribution is -2.53. The van der Waals surface area contributed by atoms with Gasteiger partial charge in [0.15, 0.2) is 0 Å². The second-order valence-corrected chi connectivity index (χ2v) is 8.25. The van der Waals surface area contributed by atoms with Gasteiger partial charge in [0.2, 0.25) is 0 Å². The number of likely N-dealkylation sites (tertiary alicyclic amines) is 1. The summed E-state index contributed by atoms with van der Waals surface area (Å²) in [7, 11) is 0. The number of halogens is 2. The van der Waals surface area contributed by atoms with Gasteiger partial charge >= 0.3 is 0 Å². The topological polar surface area (TPSA) is 20.3 Å². The van der Waals surface area contributed by atoms with Crippen LogP contribution in [-0.4, -0.2) is 22.2 Å². The standard InChI is InChI=1S/C22H23ClFNO/c23-22-13-5-4-8-19(22)20(16-6-2-1-3-7-16)25(15-14-22)21(26)17-9-11-18(24)12-10-17/h1-3,6-7,9-12,19-20H,4-5,8,13-15H2. The lowest BCUT2D eigenvalue weighted by molar-refractivity contribution is 0.0279. The first-order chi connectivity index (χ1) is 12.6. The number of hydrogen-bond donors (Lipinski definition) is 0. The third kappa shape index (κ3) is 3.14. The molecule has 3 unspecified atom stereocenters. The molecule has 1 heterocycles. The molecular formula is C22H23ClFNO. The van der Waals surface area contributed by atoms with Crippen LogP contribution >= 0.6 is 11.6 Å². The van der Waals surface area contributed by atoms with Crippen molar-refractivity contribution in [1.82, 2.24) is 4.90 Å². The fraction of sp³-hybridized carbons (Fsp3) is 0.409. The number of amides is 1. The number of alkyl halides is 1. The van der Waals surface area contributed by atoms with Crippen LogP contribution in [-0.2, 0) is 0 Å². The van der Waals surface area contributed by atoms with Gasteiger partial charge in [0.05, 0.1) is 10.9 Å². The molecule has 0 N–H and O–H groups in total. The molecule has 2 aromatic rings. The van der Waals surface area contributed by atoms with Gasteiger partial charge in [0, 0.05) is 18.0 Å². The van der Waals surface area contributed by atoms with E-state index >= 15 is 0 Å². The maximum Gasteiger partial charge on any atom is 0.254 e. The fourth-order valence-electron chi connectivity index (χ4n) is 4.69. The molecule has 1 amide bonds. The summed E-state index contributed by atoms with van der Waals surface area (Å²) in [6.07, 6.45) is 5.18. The average Bonchev–Trinajstić information content (AvgIpc) is 2.67. The van der Waals surface area contributed by atoms with Crippen molar-refractivity contribution in [1.29, 1.82) is 0 Å². The Balaban J connectivity index is 1.72. The summed E-state index contributed by atoms with van der Waals surface area (Å²) in [5.74, 6) is -0.117. The van der Waals surface area contributed by atoms with Crippen molar-refractivity contribution in [3.05, 3.63) is 71.5 Å². The Morgan fingerprint density at radius 1 is 1.04 bits per heavy atom. The van der Waals surface area contributed by atoms with Gasteiger partial charge in [-0.3, -0.25) is 4.79 Å². The Hall–Kier alpha value is -1.87. The molecule has 0 spiro atoms. The number of nitrogens with zero attached hydrogens (tertiary/aromatic N) is 1. The largest absolute Gasteiger partial charge is 0.331 e. The first kappa shape index (κ1) is 17.5. The molecule has 2 nitrogen and oxygen atoms in total. The molecule has 0 aromatic heterocycles. The van der Waals surface area contributed by atoms with E-state index in [0.717, 1.165) is 37.7 Å². The zero-order chi connectivity index (χ0) is 18.1. The highest BCUT2D eigenvalue weighted by molar-refractivity contribution is 6.24. The van der Waals surface area contributed by atoms with E-state index in [1.165, 1.54) is 12.1 Å². The number of carbonyl (C=O) groups is 1. The van der Waals surface area contributed by atoms with Crippen LogP contribution in [0.3, 0.4) is 0 Å². The van der Waals surface area contributed by atoms with Crippen molar-refractivity contribution < 1.29 is 9.18 Å². The summed E-state index contributed by atoms with van der Waals surface area (Å²) in [5.41, 5.74) is 1.67. The highest BCUT2D eigenvalue weighted by Crippen LogP contribution is 2.52. The summed E-state index contributed by atoms with van der Waals surface area (Å²) >= 11 is 7.07. The zero-order valence-electron chi connectivity index (χ0n) is 14.7. The van der Waals surface area contributed by atoms with Crippen LogP contribution in [0.5, 0.6) is 0 Å². The minimum atomic E-state index is -0.327. The molecule has 2 aliphatic rings. The molecule has 2 fully saturated rings. The van der Waals surface area contributed by atoms with Crippen LogP contribution in [0.2, 0.25) is 0 Å². The fourth-order valence-corrected chi connectivity index (χ4v) is 5.14. The summed E-state index contributed by atoms with van der Waals surface area (Å²) in [5, 5.41) is 0. The molecule has 2 aromatic carbocycles. The third-order valence-corrected chi connectivity index (χ3v) is 6.66. The summed E-state index contributed by atoms with van der Waals surface area (Å²) in [4.78, 5) is 15.0. The monoisotopic (exact) mass is 371 g/mol. The Kier molecular flexibility index (Phi) is 4.74. The van der Waals surface area contributed by atoms with Crippen molar-refractivity contribution in [3.63, 3.8) is 0 Å². The lowest BCUT2D eigenvalue weighted by Gasteiger charge is -2.52. The number of fused-ring (bicyclic) bond motifs is 1. The van der Waals surface area contributed by atoms with Crippen LogP contribution in [0, 0.1) is 11.7 Å². The zero-order valence-corrected chi connectivity index (χ0v) is 15.5. The molecule has 0 radical (unpaired) electrons. The molecule has 26 heavy (non-hydrogen) atoms. The molecule has 0 bridgehead atoms. The molecule has 4 heteroatoms. The Morgan fingerprint density at radius 3 is 2.50 bits per heavy atom. The van der Waals surface area contributed by atoms with Gasteiger partial charge in [-0.25, -0.2) is 4.39 Å². The van der Waals surface area contributed by atoms with E-state index in [9.17, 15) is 9.18 Å².